The molecule has 31 heavy (non-hydrogen) atoms. The van der Waals surface area contributed by atoms with Crippen LogP contribution in [0.3, 0.4) is 0 Å². The summed E-state index contributed by atoms with van der Waals surface area (Å²) in [5.41, 5.74) is 1.52. The molecule has 6 nitrogen and oxygen atoms in total. The van der Waals surface area contributed by atoms with Crippen LogP contribution >= 0.6 is 0 Å². The van der Waals surface area contributed by atoms with Crippen LogP contribution in [0.25, 0.3) is 0 Å². The highest BCUT2D eigenvalue weighted by Gasteiger charge is 2.36. The van der Waals surface area contributed by atoms with Crippen molar-refractivity contribution in [3.05, 3.63) is 35.9 Å². The van der Waals surface area contributed by atoms with E-state index in [-0.39, 0.29) is 5.54 Å². The summed E-state index contributed by atoms with van der Waals surface area (Å²) in [6, 6.07) is 11.2. The molecule has 2 aliphatic heterocycles. The predicted octanol–water partition coefficient (Wildman–Crippen LogP) is 2.88. The van der Waals surface area contributed by atoms with Crippen LogP contribution in [0, 0.1) is 5.92 Å². The molecule has 2 saturated heterocycles. The van der Waals surface area contributed by atoms with E-state index in [1.54, 1.807) is 0 Å². The summed E-state index contributed by atoms with van der Waals surface area (Å²) in [5, 5.41) is 7.74. The van der Waals surface area contributed by atoms with Crippen molar-refractivity contribution >= 4 is 5.96 Å². The Balaban J connectivity index is 1.30. The van der Waals surface area contributed by atoms with Gasteiger partial charge in [0.15, 0.2) is 5.96 Å². The van der Waals surface area contributed by atoms with Crippen LogP contribution in [0.5, 0.6) is 0 Å². The average Bonchev–Trinajstić information content (AvgIpc) is 3.46. The highest BCUT2D eigenvalue weighted by atomic mass is 16.5. The van der Waals surface area contributed by atoms with E-state index < -0.39 is 0 Å². The Kier molecular flexibility index (Phi) is 7.86. The normalized spacial score (nSPS) is 25.7. The van der Waals surface area contributed by atoms with Gasteiger partial charge in [0.1, 0.15) is 0 Å². The maximum absolute atomic E-state index is 5.50. The third kappa shape index (κ3) is 5.99. The van der Waals surface area contributed by atoms with E-state index >= 15 is 0 Å². The Morgan fingerprint density at radius 3 is 2.61 bits per heavy atom. The molecule has 2 N–H and O–H groups in total. The number of nitrogens with one attached hydrogen (secondary N) is 2. The zero-order valence-electron chi connectivity index (χ0n) is 19.5. The van der Waals surface area contributed by atoms with Gasteiger partial charge in [0, 0.05) is 57.9 Å². The lowest BCUT2D eigenvalue weighted by Crippen LogP contribution is -2.54. The minimum Gasteiger partial charge on any atom is -0.379 e. The molecule has 1 aliphatic carbocycles. The standard InChI is InChI=1S/C25H41N5O/c1-21(23-8-4-3-5-9-23)28-25(11-6-7-12-25)20-27-24(26-2)30-13-10-22(19-30)18-29-14-16-31-17-15-29/h3-5,8-9,21-22,28H,6-7,10-20H2,1-2H3,(H,26,27). The van der Waals surface area contributed by atoms with Crippen molar-refractivity contribution < 1.29 is 4.74 Å². The van der Waals surface area contributed by atoms with Crippen LogP contribution in [0.2, 0.25) is 0 Å². The van der Waals surface area contributed by atoms with Crippen molar-refractivity contribution in [3.63, 3.8) is 0 Å². The molecular formula is C25H41N5O. The van der Waals surface area contributed by atoms with Gasteiger partial charge in [0.2, 0.25) is 0 Å². The molecule has 0 spiro atoms. The summed E-state index contributed by atoms with van der Waals surface area (Å²) in [7, 11) is 1.93. The van der Waals surface area contributed by atoms with E-state index in [1.807, 2.05) is 7.05 Å². The zero-order chi connectivity index (χ0) is 21.5. The molecule has 2 atom stereocenters. The largest absolute Gasteiger partial charge is 0.379 e. The van der Waals surface area contributed by atoms with Crippen molar-refractivity contribution in [2.75, 3.05) is 59.5 Å². The minimum absolute atomic E-state index is 0.151. The van der Waals surface area contributed by atoms with Crippen LogP contribution in [0.15, 0.2) is 35.3 Å². The smallest absolute Gasteiger partial charge is 0.193 e. The fraction of sp³-hybridized carbons (Fsp3) is 0.720. The van der Waals surface area contributed by atoms with E-state index in [9.17, 15) is 0 Å². The lowest BCUT2D eigenvalue weighted by Gasteiger charge is -2.36. The van der Waals surface area contributed by atoms with Crippen LogP contribution in [-0.2, 0) is 4.74 Å². The summed E-state index contributed by atoms with van der Waals surface area (Å²) in [5.74, 6) is 1.80. The molecule has 4 rings (SSSR count). The monoisotopic (exact) mass is 427 g/mol. The van der Waals surface area contributed by atoms with E-state index in [0.29, 0.717) is 6.04 Å². The van der Waals surface area contributed by atoms with Gasteiger partial charge in [-0.3, -0.25) is 9.89 Å². The van der Waals surface area contributed by atoms with Crippen molar-refractivity contribution in [3.8, 4) is 0 Å². The number of aliphatic imine (C=N–C) groups is 1. The number of ether oxygens (including phenoxy) is 1. The molecular weight excluding hydrogens is 386 g/mol. The summed E-state index contributed by atoms with van der Waals surface area (Å²) >= 11 is 0. The second-order valence-corrected chi connectivity index (χ2v) is 9.68. The maximum atomic E-state index is 5.50. The predicted molar refractivity (Wildman–Crippen MR) is 127 cm³/mol. The number of hydrogen-bond acceptors (Lipinski definition) is 4. The summed E-state index contributed by atoms with van der Waals surface area (Å²) in [6.07, 6.45) is 6.33. The molecule has 1 saturated carbocycles. The second-order valence-electron chi connectivity index (χ2n) is 9.68. The lowest BCUT2D eigenvalue weighted by atomic mass is 9.94. The molecule has 2 heterocycles. The van der Waals surface area contributed by atoms with Gasteiger partial charge < -0.3 is 20.3 Å². The quantitative estimate of drug-likeness (QED) is 0.518. The number of guanidine groups is 1. The molecule has 3 fully saturated rings. The Hall–Kier alpha value is -1.63. The Morgan fingerprint density at radius 2 is 1.90 bits per heavy atom. The molecule has 1 aromatic rings. The first-order chi connectivity index (χ1) is 15.2. The molecule has 0 bridgehead atoms. The minimum atomic E-state index is 0.151. The van der Waals surface area contributed by atoms with E-state index in [4.69, 9.17) is 4.74 Å². The fourth-order valence-corrected chi connectivity index (χ4v) is 5.61. The summed E-state index contributed by atoms with van der Waals surface area (Å²) in [6.45, 7) is 10.6. The van der Waals surface area contributed by atoms with Gasteiger partial charge in [0.25, 0.3) is 0 Å². The fourth-order valence-electron chi connectivity index (χ4n) is 5.61. The van der Waals surface area contributed by atoms with Gasteiger partial charge in [-0.1, -0.05) is 43.2 Å². The number of benzene rings is 1. The van der Waals surface area contributed by atoms with Crippen molar-refractivity contribution in [1.29, 1.82) is 0 Å². The third-order valence-electron chi connectivity index (χ3n) is 7.39. The van der Waals surface area contributed by atoms with Gasteiger partial charge in [-0.25, -0.2) is 0 Å². The molecule has 172 valence electrons. The number of hydrogen-bond donors (Lipinski definition) is 2. The summed E-state index contributed by atoms with van der Waals surface area (Å²) in [4.78, 5) is 9.68. The first kappa shape index (κ1) is 22.6. The molecule has 6 heteroatoms. The van der Waals surface area contributed by atoms with Crippen molar-refractivity contribution in [2.24, 2.45) is 10.9 Å². The Bertz CT molecular complexity index is 697. The van der Waals surface area contributed by atoms with Crippen LogP contribution in [-0.4, -0.2) is 80.8 Å². The highest BCUT2D eigenvalue weighted by molar-refractivity contribution is 5.80. The molecule has 2 unspecified atom stereocenters. The number of morpholine rings is 1. The molecule has 3 aliphatic rings. The average molecular weight is 428 g/mol. The topological polar surface area (TPSA) is 52.1 Å². The molecule has 0 aromatic heterocycles. The molecule has 0 radical (unpaired) electrons. The lowest BCUT2D eigenvalue weighted by molar-refractivity contribution is 0.0315. The van der Waals surface area contributed by atoms with Crippen molar-refractivity contribution in [1.82, 2.24) is 20.4 Å². The molecule has 0 amide bonds. The highest BCUT2D eigenvalue weighted by Crippen LogP contribution is 2.32. The summed E-state index contributed by atoms with van der Waals surface area (Å²) < 4.78 is 5.50. The van der Waals surface area contributed by atoms with Gasteiger partial charge >= 0.3 is 0 Å². The molecule has 1 aromatic carbocycles. The van der Waals surface area contributed by atoms with Gasteiger partial charge in [0.05, 0.1) is 13.2 Å². The van der Waals surface area contributed by atoms with Crippen LogP contribution in [0.1, 0.15) is 50.6 Å². The Morgan fingerprint density at radius 1 is 1.16 bits per heavy atom. The Labute approximate surface area is 188 Å². The number of rotatable bonds is 7. The van der Waals surface area contributed by atoms with E-state index in [1.165, 1.54) is 44.2 Å². The number of likely N-dealkylation sites (tertiary alicyclic amines) is 1. The second kappa shape index (κ2) is 10.8. The van der Waals surface area contributed by atoms with Gasteiger partial charge in [-0.05, 0) is 37.7 Å². The van der Waals surface area contributed by atoms with Crippen molar-refractivity contribution in [2.45, 2.75) is 50.6 Å². The van der Waals surface area contributed by atoms with Crippen LogP contribution in [0.4, 0.5) is 0 Å². The van der Waals surface area contributed by atoms with Gasteiger partial charge in [-0.15, -0.1) is 0 Å². The first-order valence-corrected chi connectivity index (χ1v) is 12.3. The zero-order valence-corrected chi connectivity index (χ0v) is 19.5. The SMILES string of the molecule is CN=C(NCC1(NC(C)c2ccccc2)CCCC1)N1CCC(CN2CCOCC2)C1. The van der Waals surface area contributed by atoms with E-state index in [2.05, 4.69) is 62.7 Å². The van der Waals surface area contributed by atoms with Gasteiger partial charge in [-0.2, -0.15) is 0 Å². The number of nitrogens with zero attached hydrogens (tertiary/aromatic N) is 3. The maximum Gasteiger partial charge on any atom is 0.193 e. The van der Waals surface area contributed by atoms with Crippen LogP contribution < -0.4 is 10.6 Å². The van der Waals surface area contributed by atoms with E-state index in [0.717, 1.165) is 57.8 Å². The first-order valence-electron chi connectivity index (χ1n) is 12.3. The third-order valence-corrected chi connectivity index (χ3v) is 7.39.